The van der Waals surface area contributed by atoms with Crippen molar-refractivity contribution in [3.8, 4) is 0 Å². The molecule has 2 aliphatic rings. The van der Waals surface area contributed by atoms with Crippen molar-refractivity contribution in [3.05, 3.63) is 35.4 Å². The van der Waals surface area contributed by atoms with Crippen molar-refractivity contribution in [3.63, 3.8) is 0 Å². The molecule has 1 amide bonds. The van der Waals surface area contributed by atoms with Gasteiger partial charge in [-0.1, -0.05) is 29.8 Å². The van der Waals surface area contributed by atoms with Crippen LogP contribution in [0.1, 0.15) is 36.8 Å². The zero-order chi connectivity index (χ0) is 16.9. The second-order valence-corrected chi connectivity index (χ2v) is 7.62. The first-order valence-corrected chi connectivity index (χ1v) is 9.37. The van der Waals surface area contributed by atoms with Crippen LogP contribution in [0.4, 0.5) is 0 Å². The summed E-state index contributed by atoms with van der Waals surface area (Å²) in [7, 11) is 2.15. The molecular weight excluding hydrogens is 298 g/mol. The number of nitrogens with zero attached hydrogens (tertiary/aromatic N) is 2. The monoisotopic (exact) mass is 329 g/mol. The first kappa shape index (κ1) is 17.4. The molecule has 1 N–H and O–H groups in total. The molecule has 2 saturated heterocycles. The van der Waals surface area contributed by atoms with Crippen LogP contribution in [-0.2, 0) is 11.3 Å². The lowest BCUT2D eigenvalue weighted by molar-refractivity contribution is -0.127. The van der Waals surface area contributed by atoms with Crippen molar-refractivity contribution in [2.24, 2.45) is 5.92 Å². The molecule has 24 heavy (non-hydrogen) atoms. The SMILES string of the molecule is Cc1ccc(CN2CCC(C(=O)NC3CCN(C)CC3)CC2)cc1. The Kier molecular flexibility index (Phi) is 5.90. The van der Waals surface area contributed by atoms with Gasteiger partial charge in [0.05, 0.1) is 0 Å². The Morgan fingerprint density at radius 3 is 2.29 bits per heavy atom. The van der Waals surface area contributed by atoms with E-state index in [1.165, 1.54) is 11.1 Å². The number of piperidine rings is 2. The van der Waals surface area contributed by atoms with Gasteiger partial charge in [-0.05, 0) is 71.4 Å². The predicted octanol–water partition coefficient (Wildman–Crippen LogP) is 2.42. The summed E-state index contributed by atoms with van der Waals surface area (Å²) in [6.07, 6.45) is 4.16. The average Bonchev–Trinajstić information content (AvgIpc) is 2.59. The minimum Gasteiger partial charge on any atom is -0.353 e. The normalized spacial score (nSPS) is 21.8. The number of carbonyl (C=O) groups excluding carboxylic acids is 1. The maximum absolute atomic E-state index is 12.5. The number of hydrogen-bond donors (Lipinski definition) is 1. The molecule has 0 aliphatic carbocycles. The van der Waals surface area contributed by atoms with E-state index < -0.39 is 0 Å². The van der Waals surface area contributed by atoms with Gasteiger partial charge in [-0.25, -0.2) is 0 Å². The maximum Gasteiger partial charge on any atom is 0.223 e. The summed E-state index contributed by atoms with van der Waals surface area (Å²) in [5, 5.41) is 3.30. The summed E-state index contributed by atoms with van der Waals surface area (Å²) in [6.45, 7) is 7.38. The molecule has 0 bridgehead atoms. The van der Waals surface area contributed by atoms with Crippen LogP contribution in [0.3, 0.4) is 0 Å². The molecule has 4 nitrogen and oxygen atoms in total. The number of rotatable bonds is 4. The molecule has 2 fully saturated rings. The summed E-state index contributed by atoms with van der Waals surface area (Å²) in [6, 6.07) is 9.18. The molecule has 0 unspecified atom stereocenters. The van der Waals surface area contributed by atoms with Crippen molar-refractivity contribution < 1.29 is 4.79 Å². The molecule has 3 rings (SSSR count). The third kappa shape index (κ3) is 4.81. The molecule has 4 heteroatoms. The van der Waals surface area contributed by atoms with Crippen LogP contribution in [0.15, 0.2) is 24.3 Å². The first-order valence-electron chi connectivity index (χ1n) is 9.37. The van der Waals surface area contributed by atoms with Crippen molar-refractivity contribution in [1.82, 2.24) is 15.1 Å². The Labute approximate surface area is 146 Å². The van der Waals surface area contributed by atoms with E-state index in [2.05, 4.69) is 53.4 Å². The lowest BCUT2D eigenvalue weighted by Crippen LogP contribution is -2.47. The number of carbonyl (C=O) groups is 1. The van der Waals surface area contributed by atoms with E-state index in [1.807, 2.05) is 0 Å². The summed E-state index contributed by atoms with van der Waals surface area (Å²) >= 11 is 0. The van der Waals surface area contributed by atoms with Gasteiger partial charge < -0.3 is 10.2 Å². The van der Waals surface area contributed by atoms with E-state index in [9.17, 15) is 4.79 Å². The van der Waals surface area contributed by atoms with Gasteiger partial charge in [0, 0.05) is 18.5 Å². The highest BCUT2D eigenvalue weighted by Crippen LogP contribution is 2.20. The van der Waals surface area contributed by atoms with Gasteiger partial charge in [0.25, 0.3) is 0 Å². The second kappa shape index (κ2) is 8.13. The summed E-state index contributed by atoms with van der Waals surface area (Å²) in [5.74, 6) is 0.499. The van der Waals surface area contributed by atoms with E-state index in [1.54, 1.807) is 0 Å². The average molecular weight is 329 g/mol. The molecule has 132 valence electrons. The van der Waals surface area contributed by atoms with Gasteiger partial charge in [-0.2, -0.15) is 0 Å². The highest BCUT2D eigenvalue weighted by molar-refractivity contribution is 5.79. The Morgan fingerprint density at radius 2 is 1.67 bits per heavy atom. The topological polar surface area (TPSA) is 35.6 Å². The van der Waals surface area contributed by atoms with Gasteiger partial charge in [-0.15, -0.1) is 0 Å². The van der Waals surface area contributed by atoms with E-state index in [0.29, 0.717) is 11.9 Å². The minimum absolute atomic E-state index is 0.207. The van der Waals surface area contributed by atoms with Gasteiger partial charge >= 0.3 is 0 Å². The van der Waals surface area contributed by atoms with Crippen LogP contribution < -0.4 is 5.32 Å². The molecular formula is C20H31N3O. The third-order valence-corrected chi connectivity index (χ3v) is 5.55. The molecule has 2 aliphatic heterocycles. The van der Waals surface area contributed by atoms with Crippen LogP contribution in [0.2, 0.25) is 0 Å². The Bertz CT molecular complexity index is 526. The summed E-state index contributed by atoms with van der Waals surface area (Å²) in [4.78, 5) is 17.3. The zero-order valence-electron chi connectivity index (χ0n) is 15.1. The molecule has 0 radical (unpaired) electrons. The minimum atomic E-state index is 0.207. The Morgan fingerprint density at radius 1 is 1.04 bits per heavy atom. The summed E-state index contributed by atoms with van der Waals surface area (Å²) < 4.78 is 0. The fraction of sp³-hybridized carbons (Fsp3) is 0.650. The molecule has 0 spiro atoms. The van der Waals surface area contributed by atoms with Crippen LogP contribution in [0, 0.1) is 12.8 Å². The molecule has 1 aromatic carbocycles. The Hall–Kier alpha value is -1.39. The number of likely N-dealkylation sites (tertiary alicyclic amines) is 2. The van der Waals surface area contributed by atoms with Gasteiger partial charge in [0.15, 0.2) is 0 Å². The van der Waals surface area contributed by atoms with Gasteiger partial charge in [-0.3, -0.25) is 9.69 Å². The number of amides is 1. The number of aryl methyl sites for hydroxylation is 1. The van der Waals surface area contributed by atoms with E-state index in [4.69, 9.17) is 0 Å². The van der Waals surface area contributed by atoms with E-state index in [0.717, 1.165) is 58.4 Å². The molecule has 1 aromatic rings. The number of nitrogens with one attached hydrogen (secondary N) is 1. The quantitative estimate of drug-likeness (QED) is 0.921. The lowest BCUT2D eigenvalue weighted by Gasteiger charge is -2.34. The van der Waals surface area contributed by atoms with Crippen molar-refractivity contribution in [1.29, 1.82) is 0 Å². The van der Waals surface area contributed by atoms with E-state index in [-0.39, 0.29) is 5.92 Å². The van der Waals surface area contributed by atoms with Crippen molar-refractivity contribution in [2.75, 3.05) is 33.2 Å². The number of hydrogen-bond acceptors (Lipinski definition) is 3. The van der Waals surface area contributed by atoms with Crippen molar-refractivity contribution >= 4 is 5.91 Å². The summed E-state index contributed by atoms with van der Waals surface area (Å²) in [5.41, 5.74) is 2.68. The highest BCUT2D eigenvalue weighted by atomic mass is 16.1. The maximum atomic E-state index is 12.5. The van der Waals surface area contributed by atoms with Crippen LogP contribution >= 0.6 is 0 Å². The Balaban J connectivity index is 1.41. The predicted molar refractivity (Wildman–Crippen MR) is 97.8 cm³/mol. The first-order chi connectivity index (χ1) is 11.6. The van der Waals surface area contributed by atoms with Gasteiger partial charge in [0.2, 0.25) is 5.91 Å². The van der Waals surface area contributed by atoms with E-state index >= 15 is 0 Å². The fourth-order valence-corrected chi connectivity index (χ4v) is 3.78. The highest BCUT2D eigenvalue weighted by Gasteiger charge is 2.27. The second-order valence-electron chi connectivity index (χ2n) is 7.62. The van der Waals surface area contributed by atoms with Crippen LogP contribution in [0.5, 0.6) is 0 Å². The van der Waals surface area contributed by atoms with Crippen LogP contribution in [-0.4, -0.2) is 55.0 Å². The molecule has 2 heterocycles. The number of benzene rings is 1. The lowest BCUT2D eigenvalue weighted by atomic mass is 9.94. The molecule has 0 aromatic heterocycles. The largest absolute Gasteiger partial charge is 0.353 e. The molecule has 0 atom stereocenters. The van der Waals surface area contributed by atoms with Crippen LogP contribution in [0.25, 0.3) is 0 Å². The fourth-order valence-electron chi connectivity index (χ4n) is 3.78. The van der Waals surface area contributed by atoms with Gasteiger partial charge in [0.1, 0.15) is 0 Å². The molecule has 0 saturated carbocycles. The third-order valence-electron chi connectivity index (χ3n) is 5.55. The zero-order valence-corrected chi connectivity index (χ0v) is 15.1. The van der Waals surface area contributed by atoms with Crippen molar-refractivity contribution in [2.45, 2.75) is 45.2 Å². The smallest absolute Gasteiger partial charge is 0.223 e. The standard InChI is InChI=1S/C20H31N3O/c1-16-3-5-17(6-4-16)15-23-13-7-18(8-14-23)20(24)21-19-9-11-22(2)12-10-19/h3-6,18-19H,7-15H2,1-2H3,(H,21,24).